The van der Waals surface area contributed by atoms with Crippen LogP contribution in [0.4, 0.5) is 0 Å². The third kappa shape index (κ3) is 6.26. The Balaban J connectivity index is 1.76. The van der Waals surface area contributed by atoms with Gasteiger partial charge >= 0.3 is 5.97 Å². The van der Waals surface area contributed by atoms with Crippen molar-refractivity contribution < 1.29 is 14.3 Å². The molecule has 0 aliphatic carbocycles. The molecule has 122 valence electrons. The highest BCUT2D eigenvalue weighted by Gasteiger charge is 2.02. The highest BCUT2D eigenvalue weighted by atomic mass is 35.5. The molecular weight excluding hydrogens is 316 g/mol. The summed E-state index contributed by atoms with van der Waals surface area (Å²) in [5.74, 6) is 1.17. The van der Waals surface area contributed by atoms with Gasteiger partial charge in [0.2, 0.25) is 0 Å². The number of ether oxygens (including phenoxy) is 2. The lowest BCUT2D eigenvalue weighted by Crippen LogP contribution is -2.19. The van der Waals surface area contributed by atoms with Crippen LogP contribution in [0.5, 0.6) is 11.5 Å². The van der Waals surface area contributed by atoms with E-state index in [1.807, 2.05) is 12.1 Å². The molecule has 2 aromatic rings. The number of carbonyl (C=O) groups excluding carboxylic acids is 1. The summed E-state index contributed by atoms with van der Waals surface area (Å²) in [6, 6.07) is 10.9. The molecule has 0 fully saturated rings. The minimum Gasteiger partial charge on any atom is -0.466 e. The zero-order valence-electron chi connectivity index (χ0n) is 12.9. The van der Waals surface area contributed by atoms with Gasteiger partial charge in [-0.25, -0.2) is 0 Å². The van der Waals surface area contributed by atoms with E-state index in [1.54, 1.807) is 37.4 Å². The quantitative estimate of drug-likeness (QED) is 0.590. The minimum absolute atomic E-state index is 0.195. The summed E-state index contributed by atoms with van der Waals surface area (Å²) in [5.41, 5.74) is 0.873. The van der Waals surface area contributed by atoms with E-state index in [-0.39, 0.29) is 5.97 Å². The zero-order valence-corrected chi connectivity index (χ0v) is 13.7. The van der Waals surface area contributed by atoms with Crippen LogP contribution in [0.1, 0.15) is 19.0 Å². The fourth-order valence-corrected chi connectivity index (χ4v) is 1.98. The Hall–Kier alpha value is -2.11. The molecule has 1 aromatic heterocycles. The molecule has 0 spiro atoms. The lowest BCUT2D eigenvalue weighted by molar-refractivity contribution is -0.142. The summed E-state index contributed by atoms with van der Waals surface area (Å²) < 4.78 is 10.5. The Morgan fingerprint density at radius 3 is 2.57 bits per heavy atom. The van der Waals surface area contributed by atoms with Gasteiger partial charge in [-0.3, -0.25) is 9.78 Å². The molecular formula is C17H19ClN2O3. The van der Waals surface area contributed by atoms with Crippen molar-refractivity contribution in [2.45, 2.75) is 19.9 Å². The van der Waals surface area contributed by atoms with E-state index in [1.165, 1.54) is 0 Å². The molecule has 0 aliphatic rings. The maximum Gasteiger partial charge on any atom is 0.307 e. The Labute approximate surface area is 140 Å². The molecule has 1 N–H and O–H groups in total. The van der Waals surface area contributed by atoms with Crippen molar-refractivity contribution in [1.82, 2.24) is 10.3 Å². The molecule has 0 aliphatic heterocycles. The van der Waals surface area contributed by atoms with Gasteiger partial charge in [-0.2, -0.15) is 0 Å². The van der Waals surface area contributed by atoms with Gasteiger partial charge in [-0.1, -0.05) is 11.6 Å². The van der Waals surface area contributed by atoms with Crippen LogP contribution in [0, 0.1) is 0 Å². The number of carbonyl (C=O) groups is 1. The predicted octanol–water partition coefficient (Wildman–Crippen LogP) is 3.57. The molecule has 1 aromatic carbocycles. The second-order valence-electron chi connectivity index (χ2n) is 4.77. The number of nitrogens with zero attached hydrogens (tertiary/aromatic N) is 1. The highest BCUT2D eigenvalue weighted by Crippen LogP contribution is 2.22. The van der Waals surface area contributed by atoms with Crippen LogP contribution < -0.4 is 10.1 Å². The number of benzene rings is 1. The second kappa shape index (κ2) is 9.12. The second-order valence-corrected chi connectivity index (χ2v) is 5.21. The van der Waals surface area contributed by atoms with E-state index in [9.17, 15) is 4.79 Å². The van der Waals surface area contributed by atoms with Crippen molar-refractivity contribution in [3.63, 3.8) is 0 Å². The highest BCUT2D eigenvalue weighted by molar-refractivity contribution is 6.30. The van der Waals surface area contributed by atoms with Gasteiger partial charge in [-0.05, 0) is 43.3 Å². The molecule has 0 bridgehead atoms. The lowest BCUT2D eigenvalue weighted by Gasteiger charge is -2.07. The van der Waals surface area contributed by atoms with Gasteiger partial charge in [0.05, 0.1) is 24.9 Å². The first-order chi connectivity index (χ1) is 11.2. The lowest BCUT2D eigenvalue weighted by atomic mass is 10.3. The molecule has 0 amide bonds. The van der Waals surface area contributed by atoms with Crippen molar-refractivity contribution in [1.29, 1.82) is 0 Å². The molecule has 0 atom stereocenters. The third-order valence-electron chi connectivity index (χ3n) is 2.96. The normalized spacial score (nSPS) is 10.3. The van der Waals surface area contributed by atoms with E-state index in [0.29, 0.717) is 42.6 Å². The van der Waals surface area contributed by atoms with Crippen LogP contribution in [0.3, 0.4) is 0 Å². The first-order valence-corrected chi connectivity index (χ1v) is 7.80. The number of esters is 1. The van der Waals surface area contributed by atoms with Crippen molar-refractivity contribution >= 4 is 17.6 Å². The maximum atomic E-state index is 11.2. The van der Waals surface area contributed by atoms with E-state index < -0.39 is 0 Å². The predicted molar refractivity (Wildman–Crippen MR) is 88.7 cm³/mol. The topological polar surface area (TPSA) is 60.5 Å². The van der Waals surface area contributed by atoms with Crippen LogP contribution in [0.2, 0.25) is 5.02 Å². The molecule has 0 saturated carbocycles. The maximum absolute atomic E-state index is 11.2. The third-order valence-corrected chi connectivity index (χ3v) is 3.22. The number of hydrogen-bond donors (Lipinski definition) is 1. The molecule has 0 radical (unpaired) electrons. The van der Waals surface area contributed by atoms with Gasteiger partial charge < -0.3 is 14.8 Å². The number of hydrogen-bond acceptors (Lipinski definition) is 5. The monoisotopic (exact) mass is 334 g/mol. The summed E-state index contributed by atoms with van der Waals surface area (Å²) >= 11 is 5.83. The van der Waals surface area contributed by atoms with Crippen LogP contribution in [0.25, 0.3) is 0 Å². The molecule has 2 rings (SSSR count). The van der Waals surface area contributed by atoms with Gasteiger partial charge in [0.25, 0.3) is 0 Å². The molecule has 5 nitrogen and oxygen atoms in total. The summed E-state index contributed by atoms with van der Waals surface area (Å²) in [6.45, 7) is 3.35. The number of nitrogens with one attached hydrogen (secondary N) is 1. The smallest absolute Gasteiger partial charge is 0.307 e. The summed E-state index contributed by atoms with van der Waals surface area (Å²) in [5, 5.41) is 3.81. The molecule has 0 unspecified atom stereocenters. The standard InChI is InChI=1S/C17H19ClN2O3/c1-2-22-17(21)9-10-19-11-14-5-8-16(12-20-14)23-15-6-3-13(18)4-7-15/h3-8,12,19H,2,9-11H2,1H3. The first-order valence-electron chi connectivity index (χ1n) is 7.42. The number of halogens is 1. The minimum atomic E-state index is -0.195. The van der Waals surface area contributed by atoms with Crippen molar-refractivity contribution in [3.8, 4) is 11.5 Å². The van der Waals surface area contributed by atoms with Crippen molar-refractivity contribution in [2.24, 2.45) is 0 Å². The summed E-state index contributed by atoms with van der Waals surface area (Å²) in [7, 11) is 0. The number of aromatic nitrogens is 1. The van der Waals surface area contributed by atoms with Crippen LogP contribution >= 0.6 is 11.6 Å². The van der Waals surface area contributed by atoms with Gasteiger partial charge in [-0.15, -0.1) is 0 Å². The summed E-state index contributed by atoms with van der Waals surface area (Å²) in [6.07, 6.45) is 2.02. The largest absolute Gasteiger partial charge is 0.466 e. The van der Waals surface area contributed by atoms with Crippen LogP contribution in [-0.4, -0.2) is 24.1 Å². The van der Waals surface area contributed by atoms with E-state index in [2.05, 4.69) is 10.3 Å². The average molecular weight is 335 g/mol. The average Bonchev–Trinajstić information content (AvgIpc) is 2.55. The van der Waals surface area contributed by atoms with Gasteiger partial charge in [0.1, 0.15) is 11.5 Å². The fourth-order valence-electron chi connectivity index (χ4n) is 1.85. The van der Waals surface area contributed by atoms with E-state index >= 15 is 0 Å². The molecule has 23 heavy (non-hydrogen) atoms. The Bertz CT molecular complexity index is 615. The fraction of sp³-hybridized carbons (Fsp3) is 0.294. The van der Waals surface area contributed by atoms with Crippen molar-refractivity contribution in [3.05, 3.63) is 53.3 Å². The Morgan fingerprint density at radius 2 is 1.91 bits per heavy atom. The zero-order chi connectivity index (χ0) is 16.5. The van der Waals surface area contributed by atoms with Gasteiger partial charge in [0, 0.05) is 18.1 Å². The summed E-state index contributed by atoms with van der Waals surface area (Å²) in [4.78, 5) is 15.5. The van der Waals surface area contributed by atoms with E-state index in [4.69, 9.17) is 21.1 Å². The Morgan fingerprint density at radius 1 is 1.17 bits per heavy atom. The molecule has 0 saturated heterocycles. The van der Waals surface area contributed by atoms with Gasteiger partial charge in [0.15, 0.2) is 0 Å². The first kappa shape index (κ1) is 17.2. The molecule has 6 heteroatoms. The van der Waals surface area contributed by atoms with Crippen molar-refractivity contribution in [2.75, 3.05) is 13.2 Å². The number of pyridine rings is 1. The van der Waals surface area contributed by atoms with E-state index in [0.717, 1.165) is 5.69 Å². The SMILES string of the molecule is CCOC(=O)CCNCc1ccc(Oc2ccc(Cl)cc2)cn1. The number of rotatable bonds is 8. The Kier molecular flexibility index (Phi) is 6.84. The molecule has 1 heterocycles. The van der Waals surface area contributed by atoms with Crippen LogP contribution in [0.15, 0.2) is 42.6 Å². The van der Waals surface area contributed by atoms with Crippen LogP contribution in [-0.2, 0) is 16.1 Å².